The molecule has 0 aromatic heterocycles. The van der Waals surface area contributed by atoms with Gasteiger partial charge in [-0.15, -0.1) is 0 Å². The Hall–Kier alpha value is -1.65. The smallest absolute Gasteiger partial charge is 0.306 e. The van der Waals surface area contributed by atoms with Crippen LogP contribution in [0.1, 0.15) is 131 Å². The summed E-state index contributed by atoms with van der Waals surface area (Å²) in [5.41, 5.74) is 2.22. The molecule has 3 saturated carbocycles. The van der Waals surface area contributed by atoms with Gasteiger partial charge in [-0.2, -0.15) is 0 Å². The summed E-state index contributed by atoms with van der Waals surface area (Å²) < 4.78 is 5.82. The quantitative estimate of drug-likeness (QED) is 0.199. The second kappa shape index (κ2) is 12.5. The molecule has 0 aromatic carbocycles. The summed E-state index contributed by atoms with van der Waals surface area (Å²) in [4.78, 5) is 35.0. The van der Waals surface area contributed by atoms with E-state index in [-0.39, 0.29) is 49.0 Å². The lowest BCUT2D eigenvalue weighted by atomic mass is 9.47. The highest BCUT2D eigenvalue weighted by Crippen LogP contribution is 2.67. The Morgan fingerprint density at radius 3 is 2.41 bits per heavy atom. The number of rotatable bonds is 12. The van der Waals surface area contributed by atoms with Gasteiger partial charge in [0.25, 0.3) is 0 Å². The predicted octanol–water partition coefficient (Wildman–Crippen LogP) is 8.15. The van der Waals surface area contributed by atoms with E-state index in [0.29, 0.717) is 5.41 Å². The van der Waals surface area contributed by atoms with Gasteiger partial charge in [-0.3, -0.25) is 14.4 Å². The number of carboxylic acids is 1. The van der Waals surface area contributed by atoms with Crippen molar-refractivity contribution < 1.29 is 24.2 Å². The van der Waals surface area contributed by atoms with E-state index in [9.17, 15) is 14.4 Å². The molecule has 0 radical (unpaired) electrons. The van der Waals surface area contributed by atoms with Crippen LogP contribution < -0.4 is 0 Å². The maximum atomic E-state index is 12.5. The van der Waals surface area contributed by atoms with Crippen molar-refractivity contribution in [3.8, 4) is 0 Å². The number of fused-ring (bicyclic) bond motifs is 5. The number of allylic oxidation sites excluding steroid dienone is 1. The fourth-order valence-corrected chi connectivity index (χ4v) is 9.61. The van der Waals surface area contributed by atoms with Gasteiger partial charge in [0.05, 0.1) is 12.8 Å². The molecule has 3 fully saturated rings. The Labute approximate surface area is 236 Å². The molecular formula is C34H54O5. The summed E-state index contributed by atoms with van der Waals surface area (Å²) >= 11 is 0. The van der Waals surface area contributed by atoms with Crippen molar-refractivity contribution in [3.63, 3.8) is 0 Å². The Morgan fingerprint density at radius 2 is 1.69 bits per heavy atom. The minimum atomic E-state index is -0.985. The summed E-state index contributed by atoms with van der Waals surface area (Å²) in [5, 5.41) is 8.73. The van der Waals surface area contributed by atoms with Crippen LogP contribution in [-0.2, 0) is 19.1 Å². The lowest BCUT2D eigenvalue weighted by Gasteiger charge is -2.58. The van der Waals surface area contributed by atoms with Gasteiger partial charge >= 0.3 is 11.9 Å². The van der Waals surface area contributed by atoms with E-state index in [1.165, 1.54) is 56.9 Å². The monoisotopic (exact) mass is 542 g/mol. The minimum Gasteiger partial charge on any atom is -0.481 e. The summed E-state index contributed by atoms with van der Waals surface area (Å²) in [6.07, 6.45) is 16.0. The molecule has 4 aliphatic carbocycles. The van der Waals surface area contributed by atoms with Crippen LogP contribution in [0.25, 0.3) is 0 Å². The first-order chi connectivity index (χ1) is 18.4. The van der Waals surface area contributed by atoms with Gasteiger partial charge in [0.15, 0.2) is 0 Å². The van der Waals surface area contributed by atoms with E-state index in [2.05, 4.69) is 40.7 Å². The van der Waals surface area contributed by atoms with Crippen molar-refractivity contribution in [1.29, 1.82) is 0 Å². The number of esters is 1. The lowest BCUT2D eigenvalue weighted by molar-refractivity contribution is -0.152. The third-order valence-corrected chi connectivity index (χ3v) is 11.8. The number of hydrogen-bond acceptors (Lipinski definition) is 4. The normalized spacial score (nSPS) is 36.4. The Bertz CT molecular complexity index is 936. The molecule has 39 heavy (non-hydrogen) atoms. The molecule has 0 heterocycles. The van der Waals surface area contributed by atoms with Crippen LogP contribution in [0.15, 0.2) is 11.6 Å². The van der Waals surface area contributed by atoms with E-state index in [0.717, 1.165) is 54.8 Å². The molecule has 0 saturated heterocycles. The number of carbonyl (C=O) groups excluding carboxylic acids is 2. The first-order valence-corrected chi connectivity index (χ1v) is 16.1. The van der Waals surface area contributed by atoms with Crippen LogP contribution >= 0.6 is 0 Å². The molecule has 220 valence electrons. The fourth-order valence-electron chi connectivity index (χ4n) is 9.61. The number of aliphatic carboxylic acids is 1. The average Bonchev–Trinajstić information content (AvgIpc) is 3.23. The Morgan fingerprint density at radius 1 is 0.949 bits per heavy atom. The number of carboxylic acid groups (broad SMARTS) is 1. The molecular weight excluding hydrogens is 488 g/mol. The van der Waals surface area contributed by atoms with Crippen molar-refractivity contribution >= 4 is 17.7 Å². The van der Waals surface area contributed by atoms with Crippen molar-refractivity contribution in [1.82, 2.24) is 0 Å². The van der Waals surface area contributed by atoms with Crippen molar-refractivity contribution in [3.05, 3.63) is 11.6 Å². The fraction of sp³-hybridized carbons (Fsp3) is 0.853. The van der Waals surface area contributed by atoms with Crippen LogP contribution in [0.4, 0.5) is 0 Å². The lowest BCUT2D eigenvalue weighted by Crippen LogP contribution is -2.51. The van der Waals surface area contributed by atoms with E-state index in [4.69, 9.17) is 9.84 Å². The number of hydrogen-bond donors (Lipinski definition) is 1. The molecule has 5 nitrogen and oxygen atoms in total. The summed E-state index contributed by atoms with van der Waals surface area (Å²) in [6, 6.07) is 0. The van der Waals surface area contributed by atoms with Crippen molar-refractivity contribution in [2.24, 2.45) is 46.3 Å². The zero-order valence-corrected chi connectivity index (χ0v) is 25.3. The van der Waals surface area contributed by atoms with Crippen LogP contribution in [0.5, 0.6) is 0 Å². The molecule has 4 rings (SSSR count). The van der Waals surface area contributed by atoms with Crippen molar-refractivity contribution in [2.45, 2.75) is 137 Å². The molecule has 0 unspecified atom stereocenters. The van der Waals surface area contributed by atoms with Gasteiger partial charge in [-0.25, -0.2) is 0 Å². The SMILES string of the molecule is CC(C)CCC[C@@H](C)[C@H]1CC[C@H]2[C@@H]3CC=C4C[C@@H](OC(=O)CCC(=O)CCC(=O)O)CC[C@]4(C)[C@H]3CC[C@]12C. The van der Waals surface area contributed by atoms with Gasteiger partial charge in [-0.05, 0) is 91.3 Å². The highest BCUT2D eigenvalue weighted by Gasteiger charge is 2.59. The maximum Gasteiger partial charge on any atom is 0.306 e. The predicted molar refractivity (Wildman–Crippen MR) is 154 cm³/mol. The van der Waals surface area contributed by atoms with Crippen LogP contribution in [0.3, 0.4) is 0 Å². The zero-order valence-electron chi connectivity index (χ0n) is 25.3. The van der Waals surface area contributed by atoms with E-state index >= 15 is 0 Å². The Balaban J connectivity index is 1.33. The van der Waals surface area contributed by atoms with Gasteiger partial charge in [0.2, 0.25) is 0 Å². The molecule has 4 aliphatic rings. The van der Waals surface area contributed by atoms with E-state index in [1.54, 1.807) is 0 Å². The largest absolute Gasteiger partial charge is 0.481 e. The number of carbonyl (C=O) groups is 3. The minimum absolute atomic E-state index is 0.0162. The second-order valence-corrected chi connectivity index (χ2v) is 14.6. The molecule has 8 atom stereocenters. The Kier molecular flexibility index (Phi) is 9.69. The summed E-state index contributed by atoms with van der Waals surface area (Å²) in [6.45, 7) is 12.4. The average molecular weight is 543 g/mol. The first-order valence-electron chi connectivity index (χ1n) is 16.1. The topological polar surface area (TPSA) is 80.7 Å². The van der Waals surface area contributed by atoms with Crippen LogP contribution in [0, 0.1) is 46.3 Å². The molecule has 5 heteroatoms. The van der Waals surface area contributed by atoms with Crippen molar-refractivity contribution in [2.75, 3.05) is 0 Å². The third-order valence-electron chi connectivity index (χ3n) is 11.8. The second-order valence-electron chi connectivity index (χ2n) is 14.6. The van der Waals surface area contributed by atoms with Crippen LogP contribution in [0.2, 0.25) is 0 Å². The standard InChI is InChI=1S/C34H54O5/c1-22(2)7-6-8-23(3)28-13-14-29-27-12-9-24-21-26(39-32(38)16-11-25(35)10-15-31(36)37)17-19-33(24,4)30(27)18-20-34(28,29)5/h9,22-23,26-30H,6-8,10-21H2,1-5H3,(H,36,37)/t23-,26+,27+,28-,29+,30+,33+,34-/m1/s1. The van der Waals surface area contributed by atoms with Gasteiger partial charge < -0.3 is 9.84 Å². The maximum absolute atomic E-state index is 12.5. The zero-order chi connectivity index (χ0) is 28.4. The van der Waals surface area contributed by atoms with E-state index in [1.807, 2.05) is 0 Å². The third kappa shape index (κ3) is 6.64. The highest BCUT2D eigenvalue weighted by atomic mass is 16.5. The number of ketones is 1. The molecule has 0 aliphatic heterocycles. The van der Waals surface area contributed by atoms with E-state index < -0.39 is 5.97 Å². The van der Waals surface area contributed by atoms with Gasteiger partial charge in [0, 0.05) is 19.3 Å². The van der Waals surface area contributed by atoms with Crippen LogP contribution in [-0.4, -0.2) is 28.9 Å². The molecule has 0 spiro atoms. The molecule has 0 amide bonds. The molecule has 1 N–H and O–H groups in total. The molecule has 0 bridgehead atoms. The highest BCUT2D eigenvalue weighted by molar-refractivity contribution is 5.85. The first kappa shape index (κ1) is 30.3. The summed E-state index contributed by atoms with van der Waals surface area (Å²) in [7, 11) is 0. The molecule has 0 aromatic rings. The summed E-state index contributed by atoms with van der Waals surface area (Å²) in [5.74, 6) is 3.40. The number of ether oxygens (including phenoxy) is 1. The van der Waals surface area contributed by atoms with Gasteiger partial charge in [-0.1, -0.05) is 65.5 Å². The number of Topliss-reactive ketones (excluding diaryl/α,β-unsaturated/α-hetero) is 1. The van der Waals surface area contributed by atoms with Gasteiger partial charge in [0.1, 0.15) is 11.9 Å².